The molecule has 0 aromatic carbocycles. The molecular weight excluding hydrogens is 308 g/mol. The van der Waals surface area contributed by atoms with Gasteiger partial charge in [-0.2, -0.15) is 10.3 Å². The van der Waals surface area contributed by atoms with Crippen molar-refractivity contribution in [1.82, 2.24) is 0 Å². The lowest BCUT2D eigenvalue weighted by atomic mass is 9.39. The molecule has 4 saturated carbocycles. The summed E-state index contributed by atoms with van der Waals surface area (Å²) in [6.07, 6.45) is 8.95. The minimum absolute atomic E-state index is 0.182. The van der Waals surface area contributed by atoms with Crippen LogP contribution in [0.4, 0.5) is 0 Å². The van der Waals surface area contributed by atoms with Gasteiger partial charge in [-0.3, -0.25) is 0 Å². The summed E-state index contributed by atoms with van der Waals surface area (Å²) in [5.74, 6) is 5.16. The molecule has 0 saturated heterocycles. The predicted molar refractivity (Wildman–Crippen MR) is 97.2 cm³/mol. The Hall–Kier alpha value is -1.13. The average Bonchev–Trinajstić information content (AvgIpc) is 2.58. The highest BCUT2D eigenvalue weighted by Gasteiger charge is 2.63. The molecule has 3 nitrogen and oxygen atoms in total. The van der Waals surface area contributed by atoms with E-state index in [1.165, 1.54) is 19.3 Å². The molecule has 0 N–H and O–H groups in total. The molecule has 4 rings (SSSR count). The Morgan fingerprint density at radius 2 is 1.76 bits per heavy atom. The second kappa shape index (κ2) is 5.68. The summed E-state index contributed by atoms with van der Waals surface area (Å²) < 4.78 is 0. The van der Waals surface area contributed by atoms with Gasteiger partial charge in [0, 0.05) is 0 Å². The van der Waals surface area contributed by atoms with Gasteiger partial charge in [0.15, 0.2) is 0 Å². The first-order valence-corrected chi connectivity index (χ1v) is 10.4. The lowest BCUT2D eigenvalue weighted by Crippen LogP contribution is -2.61. The largest absolute Gasteiger partial charge is 0.235 e. The van der Waals surface area contributed by atoms with Crippen LogP contribution in [-0.2, 0) is 4.79 Å². The quantitative estimate of drug-likeness (QED) is 0.499. The van der Waals surface area contributed by atoms with Crippen LogP contribution in [0.15, 0.2) is 4.99 Å². The molecule has 0 aromatic heterocycles. The van der Waals surface area contributed by atoms with Crippen molar-refractivity contribution in [3.63, 3.8) is 0 Å². The van der Waals surface area contributed by atoms with E-state index in [1.54, 1.807) is 0 Å². The molecule has 3 heteroatoms. The number of rotatable bonds is 1. The number of hydrogen-bond acceptors (Lipinski definition) is 3. The first-order valence-electron chi connectivity index (χ1n) is 10.4. The Labute approximate surface area is 152 Å². The van der Waals surface area contributed by atoms with Crippen molar-refractivity contribution in [3.05, 3.63) is 0 Å². The lowest BCUT2D eigenvalue weighted by molar-refractivity contribution is -0.158. The monoisotopic (exact) mass is 340 g/mol. The molecular formula is C22H32N2O. The van der Waals surface area contributed by atoms with Crippen LogP contribution in [0, 0.1) is 64.1 Å². The molecule has 0 spiro atoms. The van der Waals surface area contributed by atoms with Crippen LogP contribution in [0.5, 0.6) is 0 Å². The number of nitrogens with zero attached hydrogens (tertiary/aromatic N) is 2. The van der Waals surface area contributed by atoms with E-state index in [4.69, 9.17) is 0 Å². The molecule has 4 aliphatic rings. The van der Waals surface area contributed by atoms with Gasteiger partial charge in [-0.05, 0) is 99.7 Å². The van der Waals surface area contributed by atoms with E-state index in [0.29, 0.717) is 29.6 Å². The van der Waals surface area contributed by atoms with Gasteiger partial charge in [0.25, 0.3) is 0 Å². The highest BCUT2D eigenvalue weighted by Crippen LogP contribution is 2.67. The van der Waals surface area contributed by atoms with Crippen molar-refractivity contribution in [1.29, 1.82) is 5.26 Å². The molecule has 136 valence electrons. The minimum Gasteiger partial charge on any atom is -0.211 e. The zero-order valence-corrected chi connectivity index (χ0v) is 16.2. The predicted octanol–water partition coefficient (Wildman–Crippen LogP) is 4.98. The number of nitriles is 1. The molecule has 4 aliphatic carbocycles. The molecule has 0 heterocycles. The number of isocyanates is 1. The topological polar surface area (TPSA) is 53.2 Å². The van der Waals surface area contributed by atoms with Crippen molar-refractivity contribution in [2.75, 3.05) is 0 Å². The fraction of sp³-hybridized carbons (Fsp3) is 0.909. The van der Waals surface area contributed by atoms with E-state index in [1.807, 2.05) is 6.08 Å². The fourth-order valence-electron chi connectivity index (χ4n) is 8.00. The van der Waals surface area contributed by atoms with Gasteiger partial charge in [-0.25, -0.2) is 4.79 Å². The van der Waals surface area contributed by atoms with Crippen LogP contribution in [0.1, 0.15) is 66.2 Å². The SMILES string of the molecule is CC1CC2CC(C)C(C)(C#N)C3CCC4C(C1CCC4(C)N=C=O)C23. The first kappa shape index (κ1) is 17.3. The van der Waals surface area contributed by atoms with Gasteiger partial charge in [0.05, 0.1) is 17.0 Å². The number of carbonyl (C=O) groups excluding carboxylic acids is 1. The van der Waals surface area contributed by atoms with Crippen molar-refractivity contribution in [3.8, 4) is 6.07 Å². The van der Waals surface area contributed by atoms with E-state index < -0.39 is 0 Å². The smallest absolute Gasteiger partial charge is 0.211 e. The van der Waals surface area contributed by atoms with Gasteiger partial charge >= 0.3 is 0 Å². The molecule has 25 heavy (non-hydrogen) atoms. The third-order valence-corrected chi connectivity index (χ3v) is 9.38. The Kier molecular flexibility index (Phi) is 3.93. The van der Waals surface area contributed by atoms with Gasteiger partial charge < -0.3 is 0 Å². The van der Waals surface area contributed by atoms with Crippen LogP contribution in [0.3, 0.4) is 0 Å². The normalized spacial score (nSPS) is 56.9. The highest BCUT2D eigenvalue weighted by molar-refractivity contribution is 5.35. The Bertz CT molecular complexity index is 647. The zero-order chi connectivity index (χ0) is 18.0. The lowest BCUT2D eigenvalue weighted by Gasteiger charge is -2.65. The summed E-state index contributed by atoms with van der Waals surface area (Å²) in [5, 5.41) is 10.0. The van der Waals surface area contributed by atoms with Crippen molar-refractivity contribution >= 4 is 6.08 Å². The molecule has 0 bridgehead atoms. The zero-order valence-electron chi connectivity index (χ0n) is 16.2. The Balaban J connectivity index is 1.79. The summed E-state index contributed by atoms with van der Waals surface area (Å²) >= 11 is 0. The van der Waals surface area contributed by atoms with Crippen molar-refractivity contribution < 1.29 is 4.79 Å². The average molecular weight is 341 g/mol. The summed E-state index contributed by atoms with van der Waals surface area (Å²) in [5.41, 5.74) is -0.402. The van der Waals surface area contributed by atoms with Crippen molar-refractivity contribution in [2.45, 2.75) is 71.8 Å². The van der Waals surface area contributed by atoms with E-state index >= 15 is 0 Å². The van der Waals surface area contributed by atoms with E-state index in [-0.39, 0.29) is 11.0 Å². The molecule has 4 fully saturated rings. The molecule has 0 amide bonds. The van der Waals surface area contributed by atoms with E-state index in [2.05, 4.69) is 38.8 Å². The maximum Gasteiger partial charge on any atom is 0.235 e. The van der Waals surface area contributed by atoms with Crippen LogP contribution >= 0.6 is 0 Å². The van der Waals surface area contributed by atoms with Gasteiger partial charge in [0.2, 0.25) is 6.08 Å². The summed E-state index contributed by atoms with van der Waals surface area (Å²) in [4.78, 5) is 15.5. The van der Waals surface area contributed by atoms with Crippen molar-refractivity contribution in [2.24, 2.45) is 57.8 Å². The van der Waals surface area contributed by atoms with E-state index in [9.17, 15) is 10.1 Å². The minimum atomic E-state index is -0.221. The Morgan fingerprint density at radius 3 is 2.44 bits per heavy atom. The van der Waals surface area contributed by atoms with Crippen LogP contribution < -0.4 is 0 Å². The van der Waals surface area contributed by atoms with Crippen LogP contribution in [0.2, 0.25) is 0 Å². The molecule has 0 aromatic rings. The third-order valence-electron chi connectivity index (χ3n) is 9.38. The van der Waals surface area contributed by atoms with Crippen LogP contribution in [0.25, 0.3) is 0 Å². The summed E-state index contributed by atoms with van der Waals surface area (Å²) in [6.45, 7) is 9.19. The second-order valence-corrected chi connectivity index (χ2v) is 10.2. The fourth-order valence-corrected chi connectivity index (χ4v) is 8.00. The molecule has 10 atom stereocenters. The molecule has 0 aliphatic heterocycles. The first-order chi connectivity index (χ1) is 11.9. The van der Waals surface area contributed by atoms with Gasteiger partial charge in [-0.15, -0.1) is 0 Å². The van der Waals surface area contributed by atoms with Crippen LogP contribution in [-0.4, -0.2) is 11.6 Å². The van der Waals surface area contributed by atoms with E-state index in [0.717, 1.165) is 37.0 Å². The number of aliphatic imine (C=N–C) groups is 1. The molecule has 10 unspecified atom stereocenters. The standard InChI is InChI=1S/C22H32N2O/c1-13-9-15-10-14(2)21(3,11-23)17-5-6-18-20(19(15)17)16(13)7-8-22(18,4)24-12-25/h13-20H,5-10H2,1-4H3. The summed E-state index contributed by atoms with van der Waals surface area (Å²) in [7, 11) is 0. The van der Waals surface area contributed by atoms with Gasteiger partial charge in [0.1, 0.15) is 0 Å². The maximum atomic E-state index is 11.1. The molecule has 0 radical (unpaired) electrons. The highest BCUT2D eigenvalue weighted by atomic mass is 16.1. The maximum absolute atomic E-state index is 11.1. The van der Waals surface area contributed by atoms with Gasteiger partial charge in [-0.1, -0.05) is 13.8 Å². The summed E-state index contributed by atoms with van der Waals surface area (Å²) in [6, 6.07) is 2.76. The second-order valence-electron chi connectivity index (χ2n) is 10.2. The third kappa shape index (κ3) is 2.23. The number of hydrogen-bond donors (Lipinski definition) is 0. The Morgan fingerprint density at radius 1 is 1.04 bits per heavy atom.